The summed E-state index contributed by atoms with van der Waals surface area (Å²) in [6.45, 7) is 0. The fraction of sp³-hybridized carbons (Fsp3) is 0. The van der Waals surface area contributed by atoms with Crippen molar-refractivity contribution in [3.63, 3.8) is 0 Å². The summed E-state index contributed by atoms with van der Waals surface area (Å²) >= 11 is 4.17. The van der Waals surface area contributed by atoms with Crippen LogP contribution >= 0.6 is 15.9 Å². The van der Waals surface area contributed by atoms with Crippen molar-refractivity contribution in [2.75, 3.05) is 0 Å². The Bertz CT molecular complexity index is 2890. The highest BCUT2D eigenvalue weighted by molar-refractivity contribution is 9.10. The maximum absolute atomic E-state index is 4.17. The molecule has 0 radical (unpaired) electrons. The van der Waals surface area contributed by atoms with E-state index in [1.807, 2.05) is 0 Å². The number of hydrogen-bond acceptors (Lipinski definition) is 0. The average Bonchev–Trinajstić information content (AvgIpc) is 3.86. The first-order chi connectivity index (χ1) is 23.3. The molecule has 11 aromatic rings. The van der Waals surface area contributed by atoms with Crippen LogP contribution in [0.15, 0.2) is 144 Å². The molecule has 0 aliphatic carbocycles. The third-order valence-electron chi connectivity index (χ3n) is 10.1. The maximum atomic E-state index is 4.17. The largest absolute Gasteiger partial charge is 0.354 e. The van der Waals surface area contributed by atoms with Gasteiger partial charge in [-0.1, -0.05) is 91.0 Å². The minimum atomic E-state index is 1.04. The first-order valence-electron chi connectivity index (χ1n) is 15.9. The van der Waals surface area contributed by atoms with Crippen LogP contribution in [0.25, 0.3) is 98.6 Å². The maximum Gasteiger partial charge on any atom is 0.0656 e. The number of hydrogen-bond donors (Lipinski definition) is 2. The zero-order chi connectivity index (χ0) is 30.8. The van der Waals surface area contributed by atoms with E-state index in [1.165, 1.54) is 76.2 Å². The Kier molecular flexibility index (Phi) is 4.95. The fourth-order valence-electron chi connectivity index (χ4n) is 8.13. The van der Waals surface area contributed by atoms with Crippen LogP contribution in [0.2, 0.25) is 0 Å². The van der Waals surface area contributed by atoms with E-state index in [1.54, 1.807) is 0 Å². The van der Waals surface area contributed by atoms with Gasteiger partial charge < -0.3 is 19.1 Å². The number of fused-ring (bicyclic) bond motifs is 14. The number of H-pyrrole nitrogens is 2. The third-order valence-corrected chi connectivity index (χ3v) is 10.9. The van der Waals surface area contributed by atoms with E-state index >= 15 is 0 Å². The smallest absolute Gasteiger partial charge is 0.0656 e. The predicted molar refractivity (Wildman–Crippen MR) is 202 cm³/mol. The summed E-state index contributed by atoms with van der Waals surface area (Å²) in [5.41, 5.74) is 11.6. The topological polar surface area (TPSA) is 41.4 Å². The molecule has 0 bridgehead atoms. The van der Waals surface area contributed by atoms with Gasteiger partial charge in [0.05, 0.1) is 48.9 Å². The summed E-state index contributed by atoms with van der Waals surface area (Å²) in [6.07, 6.45) is 0. The Morgan fingerprint density at radius 2 is 0.787 bits per heavy atom. The van der Waals surface area contributed by atoms with E-state index < -0.39 is 0 Å². The summed E-state index contributed by atoms with van der Waals surface area (Å²) in [7, 11) is 0. The Hall–Kier alpha value is -5.78. The van der Waals surface area contributed by atoms with Crippen LogP contribution < -0.4 is 0 Å². The number of rotatable bonds is 2. The van der Waals surface area contributed by atoms with Gasteiger partial charge in [0.1, 0.15) is 0 Å². The normalized spacial score (nSPS) is 12.4. The zero-order valence-electron chi connectivity index (χ0n) is 25.1. The van der Waals surface area contributed by atoms with E-state index in [9.17, 15) is 0 Å². The lowest BCUT2D eigenvalue weighted by Gasteiger charge is -2.16. The van der Waals surface area contributed by atoms with Gasteiger partial charge in [-0.3, -0.25) is 0 Å². The molecule has 0 aliphatic heterocycles. The first-order valence-corrected chi connectivity index (χ1v) is 16.7. The SMILES string of the molecule is Brc1c(-n2c3ccccc3c3c4[nH]c5ccccc5c4ccc32)cccc1-n1c2ccccc2c2c3[nH]c4ccccc4c3ccc21. The molecule has 0 saturated carbocycles. The molecule has 7 aromatic carbocycles. The number of aromatic nitrogens is 4. The Balaban J connectivity index is 1.23. The molecule has 0 fully saturated rings. The van der Waals surface area contributed by atoms with Gasteiger partial charge in [0.25, 0.3) is 0 Å². The second kappa shape index (κ2) is 9.15. The summed E-state index contributed by atoms with van der Waals surface area (Å²) in [4.78, 5) is 7.52. The molecule has 0 atom stereocenters. The van der Waals surface area contributed by atoms with E-state index in [4.69, 9.17) is 0 Å². The van der Waals surface area contributed by atoms with E-state index in [-0.39, 0.29) is 0 Å². The molecular weight excluding hydrogens is 640 g/mol. The first kappa shape index (κ1) is 25.4. The summed E-state index contributed by atoms with van der Waals surface area (Å²) in [5, 5.41) is 9.94. The number of nitrogens with zero attached hydrogens (tertiary/aromatic N) is 2. The van der Waals surface area contributed by atoms with Crippen LogP contribution in [0.5, 0.6) is 0 Å². The molecule has 47 heavy (non-hydrogen) atoms. The van der Waals surface area contributed by atoms with Crippen LogP contribution in [0.4, 0.5) is 0 Å². The molecule has 0 amide bonds. The Morgan fingerprint density at radius 3 is 1.28 bits per heavy atom. The molecule has 220 valence electrons. The minimum absolute atomic E-state index is 1.04. The van der Waals surface area contributed by atoms with Gasteiger partial charge in [-0.2, -0.15) is 0 Å². The van der Waals surface area contributed by atoms with Crippen molar-refractivity contribution in [3.05, 3.63) is 144 Å². The van der Waals surface area contributed by atoms with E-state index in [0.29, 0.717) is 0 Å². The van der Waals surface area contributed by atoms with Crippen LogP contribution in [-0.2, 0) is 0 Å². The number of benzene rings is 7. The molecule has 11 rings (SSSR count). The van der Waals surface area contributed by atoms with Crippen molar-refractivity contribution in [1.29, 1.82) is 0 Å². The molecule has 0 saturated heterocycles. The highest BCUT2D eigenvalue weighted by Gasteiger charge is 2.22. The number of halogens is 1. The average molecular weight is 666 g/mol. The Morgan fingerprint density at radius 1 is 0.362 bits per heavy atom. The highest BCUT2D eigenvalue weighted by Crippen LogP contribution is 2.44. The zero-order valence-corrected chi connectivity index (χ0v) is 26.6. The van der Waals surface area contributed by atoms with E-state index in [2.05, 4.69) is 175 Å². The molecule has 4 aromatic heterocycles. The van der Waals surface area contributed by atoms with Crippen LogP contribution in [-0.4, -0.2) is 19.1 Å². The van der Waals surface area contributed by atoms with Gasteiger partial charge in [-0.15, -0.1) is 0 Å². The lowest BCUT2D eigenvalue weighted by Crippen LogP contribution is -2.01. The number of nitrogens with one attached hydrogen (secondary N) is 2. The van der Waals surface area contributed by atoms with Crippen LogP contribution in [0.3, 0.4) is 0 Å². The molecule has 0 aliphatic rings. The molecule has 4 heterocycles. The quantitative estimate of drug-likeness (QED) is 0.185. The van der Waals surface area contributed by atoms with Crippen molar-refractivity contribution in [1.82, 2.24) is 19.1 Å². The van der Waals surface area contributed by atoms with Crippen molar-refractivity contribution < 1.29 is 0 Å². The Labute approximate surface area is 276 Å². The van der Waals surface area contributed by atoms with E-state index in [0.717, 1.165) is 26.9 Å². The number of para-hydroxylation sites is 4. The molecule has 0 unspecified atom stereocenters. The van der Waals surface area contributed by atoms with Gasteiger partial charge in [0.15, 0.2) is 0 Å². The molecule has 2 N–H and O–H groups in total. The van der Waals surface area contributed by atoms with Gasteiger partial charge in [-0.25, -0.2) is 0 Å². The van der Waals surface area contributed by atoms with Crippen molar-refractivity contribution >= 4 is 103 Å². The fourth-order valence-corrected chi connectivity index (χ4v) is 8.74. The summed E-state index contributed by atoms with van der Waals surface area (Å²) < 4.78 is 5.86. The second-order valence-corrected chi connectivity index (χ2v) is 13.2. The van der Waals surface area contributed by atoms with Gasteiger partial charge in [0.2, 0.25) is 0 Å². The van der Waals surface area contributed by atoms with Crippen LogP contribution in [0, 0.1) is 0 Å². The minimum Gasteiger partial charge on any atom is -0.354 e. The second-order valence-electron chi connectivity index (χ2n) is 12.4. The van der Waals surface area contributed by atoms with Gasteiger partial charge >= 0.3 is 0 Å². The predicted octanol–water partition coefficient (Wildman–Crippen LogP) is 11.9. The lowest BCUT2D eigenvalue weighted by atomic mass is 10.1. The van der Waals surface area contributed by atoms with Crippen molar-refractivity contribution in [2.45, 2.75) is 0 Å². The molecular formula is C42H25BrN4. The number of aromatic amines is 2. The van der Waals surface area contributed by atoms with Gasteiger partial charge in [-0.05, 0) is 64.5 Å². The lowest BCUT2D eigenvalue weighted by molar-refractivity contribution is 1.12. The van der Waals surface area contributed by atoms with Crippen LogP contribution in [0.1, 0.15) is 0 Å². The molecule has 0 spiro atoms. The highest BCUT2D eigenvalue weighted by atomic mass is 79.9. The standard InChI is InChI=1S/C42H25BrN4/c43-40-36(46-32-16-7-3-12-28(32)38-34(46)22-20-26-24-10-1-5-14-30(24)44-41(26)38)18-9-19-37(40)47-33-17-8-4-13-29(33)39-35(47)23-21-27-25-11-2-6-15-31(25)45-42(27)39/h1-23,44-45H. The van der Waals surface area contributed by atoms with Crippen molar-refractivity contribution in [3.8, 4) is 11.4 Å². The van der Waals surface area contributed by atoms with Crippen molar-refractivity contribution in [2.24, 2.45) is 0 Å². The summed E-state index contributed by atoms with van der Waals surface area (Å²) in [5.74, 6) is 0. The van der Waals surface area contributed by atoms with Gasteiger partial charge in [0, 0.05) is 54.1 Å². The molecule has 4 nitrogen and oxygen atoms in total. The third kappa shape index (κ3) is 3.26. The monoisotopic (exact) mass is 664 g/mol. The summed E-state index contributed by atoms with van der Waals surface area (Å²) in [6, 6.07) is 50.4. The molecule has 5 heteroatoms.